The van der Waals surface area contributed by atoms with E-state index in [0.29, 0.717) is 48.0 Å². The van der Waals surface area contributed by atoms with Crippen molar-refractivity contribution >= 4 is 51.1 Å². The van der Waals surface area contributed by atoms with Gasteiger partial charge in [-0.25, -0.2) is 28.5 Å². The molecule has 220 valence electrons. The van der Waals surface area contributed by atoms with E-state index in [2.05, 4.69) is 19.9 Å². The summed E-state index contributed by atoms with van der Waals surface area (Å²) in [5.74, 6) is -1.61. The fourth-order valence-electron chi connectivity index (χ4n) is 6.01. The van der Waals surface area contributed by atoms with Crippen LogP contribution in [0.3, 0.4) is 0 Å². The standard InChI is InChI=1S/C28H26ClF2N5O6/c1-14-28(12-39-13-28)40-7-6-35(14)18-8-15(29)10-32-26(18)41-16-9-19(27(37)38)36(11-16)25-22-21(33-24(34-25)23(30)31)17-4-2-3-5-20(17)42-22/h2-5,8,10,14,16,19,23H,6-7,9,11-13H2,1H3,(H,37,38)/t14-,16?,19-/m0/s1. The number of pyridine rings is 1. The smallest absolute Gasteiger partial charge is 0.326 e. The molecule has 0 radical (unpaired) electrons. The van der Waals surface area contributed by atoms with Gasteiger partial charge in [0, 0.05) is 24.5 Å². The van der Waals surface area contributed by atoms with Crippen LogP contribution in [0, 0.1) is 0 Å². The molecule has 14 heteroatoms. The van der Waals surface area contributed by atoms with Crippen LogP contribution in [0.4, 0.5) is 20.3 Å². The number of carbonyl (C=O) groups is 1. The molecule has 0 aliphatic carbocycles. The lowest BCUT2D eigenvalue weighted by Gasteiger charge is -2.53. The molecule has 1 unspecified atom stereocenters. The highest BCUT2D eigenvalue weighted by Gasteiger charge is 2.50. The van der Waals surface area contributed by atoms with Crippen LogP contribution in [-0.2, 0) is 14.3 Å². The van der Waals surface area contributed by atoms with Gasteiger partial charge in [0.05, 0.1) is 37.4 Å². The predicted molar refractivity (Wildman–Crippen MR) is 148 cm³/mol. The molecule has 4 aromatic rings. The number of anilines is 2. The number of alkyl halides is 2. The van der Waals surface area contributed by atoms with Crippen molar-refractivity contribution in [3.05, 3.63) is 47.4 Å². The number of carboxylic acids is 1. The third-order valence-corrected chi connectivity index (χ3v) is 8.47. The highest BCUT2D eigenvalue weighted by atomic mass is 35.5. The largest absolute Gasteiger partial charge is 0.480 e. The van der Waals surface area contributed by atoms with E-state index in [-0.39, 0.29) is 41.8 Å². The zero-order chi connectivity index (χ0) is 29.2. The van der Waals surface area contributed by atoms with E-state index in [1.54, 1.807) is 30.3 Å². The fourth-order valence-corrected chi connectivity index (χ4v) is 6.16. The van der Waals surface area contributed by atoms with Gasteiger partial charge in [0.1, 0.15) is 34.5 Å². The van der Waals surface area contributed by atoms with Crippen LogP contribution in [0.15, 0.2) is 40.9 Å². The van der Waals surface area contributed by atoms with Crippen molar-refractivity contribution in [1.29, 1.82) is 0 Å². The van der Waals surface area contributed by atoms with Crippen LogP contribution in [0.25, 0.3) is 22.1 Å². The zero-order valence-corrected chi connectivity index (χ0v) is 23.1. The Morgan fingerprint density at radius 1 is 1.24 bits per heavy atom. The average Bonchev–Trinajstić information content (AvgIpc) is 3.54. The first-order valence-corrected chi connectivity index (χ1v) is 13.9. The molecule has 3 aliphatic heterocycles. The molecule has 7 rings (SSSR count). The average molecular weight is 602 g/mol. The minimum absolute atomic E-state index is 0.0250. The summed E-state index contributed by atoms with van der Waals surface area (Å²) >= 11 is 6.34. The summed E-state index contributed by atoms with van der Waals surface area (Å²) in [6, 6.07) is 7.46. The Kier molecular flexibility index (Phi) is 6.55. The second-order valence-electron chi connectivity index (χ2n) is 10.7. The molecule has 6 heterocycles. The van der Waals surface area contributed by atoms with Crippen LogP contribution in [-0.4, -0.2) is 82.7 Å². The number of fused-ring (bicyclic) bond motifs is 3. The highest BCUT2D eigenvalue weighted by molar-refractivity contribution is 6.30. The molecule has 0 amide bonds. The summed E-state index contributed by atoms with van der Waals surface area (Å²) in [6.07, 6.45) is -2.13. The van der Waals surface area contributed by atoms with Gasteiger partial charge in [-0.3, -0.25) is 0 Å². The maximum Gasteiger partial charge on any atom is 0.326 e. The number of halogens is 3. The van der Waals surface area contributed by atoms with Crippen molar-refractivity contribution in [2.45, 2.75) is 43.6 Å². The first-order valence-electron chi connectivity index (χ1n) is 13.5. The number of aromatic nitrogens is 3. The number of hydrogen-bond acceptors (Lipinski definition) is 10. The maximum atomic E-state index is 13.9. The highest BCUT2D eigenvalue weighted by Crippen LogP contribution is 2.41. The number of morpholine rings is 1. The van der Waals surface area contributed by atoms with Gasteiger partial charge in [-0.2, -0.15) is 0 Å². The van der Waals surface area contributed by atoms with E-state index in [9.17, 15) is 18.7 Å². The zero-order valence-electron chi connectivity index (χ0n) is 22.4. The van der Waals surface area contributed by atoms with E-state index in [1.807, 2.05) is 6.92 Å². The summed E-state index contributed by atoms with van der Waals surface area (Å²) < 4.78 is 51.6. The van der Waals surface area contributed by atoms with Crippen LogP contribution < -0.4 is 14.5 Å². The molecular weight excluding hydrogens is 576 g/mol. The van der Waals surface area contributed by atoms with E-state index in [0.717, 1.165) is 0 Å². The van der Waals surface area contributed by atoms with Gasteiger partial charge >= 0.3 is 5.97 Å². The topological polar surface area (TPSA) is 123 Å². The van der Waals surface area contributed by atoms with Gasteiger partial charge in [-0.1, -0.05) is 23.7 Å². The Morgan fingerprint density at radius 2 is 2.05 bits per heavy atom. The van der Waals surface area contributed by atoms with Gasteiger partial charge in [0.2, 0.25) is 5.88 Å². The number of carboxylic acid groups (broad SMARTS) is 1. The molecule has 11 nitrogen and oxygen atoms in total. The van der Waals surface area contributed by atoms with Crippen LogP contribution in [0.1, 0.15) is 25.6 Å². The molecule has 1 N–H and O–H groups in total. The van der Waals surface area contributed by atoms with Crippen LogP contribution in [0.5, 0.6) is 5.88 Å². The van der Waals surface area contributed by atoms with Crippen molar-refractivity contribution in [3.63, 3.8) is 0 Å². The number of para-hydroxylation sites is 1. The summed E-state index contributed by atoms with van der Waals surface area (Å²) in [5.41, 5.74) is 0.961. The number of furan rings is 1. The number of rotatable bonds is 6. The molecule has 3 aliphatic rings. The predicted octanol–water partition coefficient (Wildman–Crippen LogP) is 4.47. The lowest BCUT2D eigenvalue weighted by molar-refractivity contribution is -0.228. The molecule has 3 aromatic heterocycles. The van der Waals surface area contributed by atoms with Crippen molar-refractivity contribution in [3.8, 4) is 5.88 Å². The van der Waals surface area contributed by atoms with Gasteiger partial charge in [-0.15, -0.1) is 0 Å². The molecule has 3 saturated heterocycles. The van der Waals surface area contributed by atoms with E-state index in [4.69, 9.17) is 30.2 Å². The number of nitrogens with zero attached hydrogens (tertiary/aromatic N) is 5. The second-order valence-corrected chi connectivity index (χ2v) is 11.2. The molecular formula is C28H26ClF2N5O6. The van der Waals surface area contributed by atoms with Crippen molar-refractivity contribution in [1.82, 2.24) is 15.0 Å². The molecule has 1 spiro atoms. The van der Waals surface area contributed by atoms with Gasteiger partial charge < -0.3 is 33.5 Å². The van der Waals surface area contributed by atoms with E-state index in [1.165, 1.54) is 11.1 Å². The van der Waals surface area contributed by atoms with Gasteiger partial charge in [0.25, 0.3) is 6.43 Å². The van der Waals surface area contributed by atoms with Crippen molar-refractivity contribution in [2.24, 2.45) is 0 Å². The Labute approximate surface area is 242 Å². The number of hydrogen-bond donors (Lipinski definition) is 1. The number of ether oxygens (including phenoxy) is 3. The maximum absolute atomic E-state index is 13.9. The summed E-state index contributed by atoms with van der Waals surface area (Å²) in [5, 5.41) is 11.1. The molecule has 42 heavy (non-hydrogen) atoms. The summed E-state index contributed by atoms with van der Waals surface area (Å²) in [6.45, 7) is 4.06. The van der Waals surface area contributed by atoms with Crippen LogP contribution in [0.2, 0.25) is 5.02 Å². The Morgan fingerprint density at radius 3 is 2.79 bits per heavy atom. The normalized spacial score (nSPS) is 23.7. The SMILES string of the molecule is C[C@@H]1N(c2cc(Cl)cnc2OC2C[C@@H](C(=O)O)N(c3nc(C(F)F)nc4c3oc3ccccc34)C2)CCOC12COC2. The lowest BCUT2D eigenvalue weighted by Crippen LogP contribution is -2.68. The van der Waals surface area contributed by atoms with Gasteiger partial charge in [0.15, 0.2) is 17.2 Å². The molecule has 3 fully saturated rings. The molecule has 0 saturated carbocycles. The Bertz CT molecular complexity index is 1680. The molecule has 0 bridgehead atoms. The summed E-state index contributed by atoms with van der Waals surface area (Å²) in [4.78, 5) is 28.6. The number of aliphatic carboxylic acids is 1. The first kappa shape index (κ1) is 27.0. The minimum Gasteiger partial charge on any atom is -0.480 e. The summed E-state index contributed by atoms with van der Waals surface area (Å²) in [7, 11) is 0. The third-order valence-electron chi connectivity index (χ3n) is 8.26. The Hall–Kier alpha value is -3.81. The molecule has 3 atom stereocenters. The minimum atomic E-state index is -2.97. The second kappa shape index (κ2) is 10.2. The first-order chi connectivity index (χ1) is 20.2. The third kappa shape index (κ3) is 4.38. The monoisotopic (exact) mass is 601 g/mol. The van der Waals surface area contributed by atoms with Crippen LogP contribution >= 0.6 is 11.6 Å². The number of benzene rings is 1. The fraction of sp³-hybridized carbons (Fsp3) is 0.429. The van der Waals surface area contributed by atoms with E-state index >= 15 is 0 Å². The van der Waals surface area contributed by atoms with Crippen molar-refractivity contribution in [2.75, 3.05) is 42.7 Å². The quantitative estimate of drug-likeness (QED) is 0.337. The van der Waals surface area contributed by atoms with Crippen molar-refractivity contribution < 1.29 is 37.3 Å². The lowest BCUT2D eigenvalue weighted by atomic mass is 9.90. The van der Waals surface area contributed by atoms with E-state index < -0.39 is 36.0 Å². The Balaban J connectivity index is 1.24. The van der Waals surface area contributed by atoms with Gasteiger partial charge in [-0.05, 0) is 25.1 Å². The molecule has 1 aromatic carbocycles.